The van der Waals surface area contributed by atoms with Crippen molar-refractivity contribution in [3.05, 3.63) is 24.0 Å². The Morgan fingerprint density at radius 3 is 2.82 bits per heavy atom. The van der Waals surface area contributed by atoms with Crippen LogP contribution in [0.15, 0.2) is 18.5 Å². The minimum Gasteiger partial charge on any atom is -0.398 e. The summed E-state index contributed by atoms with van der Waals surface area (Å²) in [6.07, 6.45) is 2.83. The highest BCUT2D eigenvalue weighted by Gasteiger charge is 2.11. The highest BCUT2D eigenvalue weighted by molar-refractivity contribution is 7.91. The monoisotopic (exact) mass is 257 g/mol. The molecule has 94 valence electrons. The van der Waals surface area contributed by atoms with Crippen molar-refractivity contribution < 1.29 is 13.2 Å². The number of rotatable bonds is 5. The van der Waals surface area contributed by atoms with E-state index in [0.29, 0.717) is 5.69 Å². The Kier molecular flexibility index (Phi) is 4.45. The molecule has 0 aliphatic heterocycles. The van der Waals surface area contributed by atoms with Crippen LogP contribution in [0.5, 0.6) is 0 Å². The molecule has 0 radical (unpaired) electrons. The maximum atomic E-state index is 11.6. The van der Waals surface area contributed by atoms with Crippen LogP contribution in [0.2, 0.25) is 0 Å². The number of anilines is 1. The van der Waals surface area contributed by atoms with Gasteiger partial charge in [0.25, 0.3) is 5.91 Å². The quantitative estimate of drug-likeness (QED) is 0.762. The fraction of sp³-hybridized carbons (Fsp3) is 0.400. The first-order valence-electron chi connectivity index (χ1n) is 5.14. The van der Waals surface area contributed by atoms with Crippen LogP contribution in [0.1, 0.15) is 17.3 Å². The number of carbonyl (C=O) groups excluding carboxylic acids is 1. The van der Waals surface area contributed by atoms with Crippen LogP contribution in [0.4, 0.5) is 5.69 Å². The molecule has 6 nitrogen and oxygen atoms in total. The van der Waals surface area contributed by atoms with Gasteiger partial charge in [0.2, 0.25) is 0 Å². The predicted molar refractivity (Wildman–Crippen MR) is 65.3 cm³/mol. The third-order valence-corrected chi connectivity index (χ3v) is 3.94. The van der Waals surface area contributed by atoms with E-state index in [2.05, 4.69) is 10.3 Å². The molecule has 7 heteroatoms. The van der Waals surface area contributed by atoms with E-state index >= 15 is 0 Å². The Morgan fingerprint density at radius 2 is 2.24 bits per heavy atom. The lowest BCUT2D eigenvalue weighted by atomic mass is 10.2. The zero-order valence-corrected chi connectivity index (χ0v) is 10.3. The van der Waals surface area contributed by atoms with Crippen LogP contribution in [0, 0.1) is 0 Å². The van der Waals surface area contributed by atoms with Gasteiger partial charge in [-0.25, -0.2) is 8.42 Å². The molecule has 0 saturated heterocycles. The number of nitrogens with zero attached hydrogens (tertiary/aromatic N) is 1. The topological polar surface area (TPSA) is 102 Å². The summed E-state index contributed by atoms with van der Waals surface area (Å²) >= 11 is 0. The SMILES string of the molecule is CCS(=O)(=O)CCNC(=O)c1cnccc1N. The summed E-state index contributed by atoms with van der Waals surface area (Å²) in [5.74, 6) is -0.422. The van der Waals surface area contributed by atoms with E-state index < -0.39 is 15.7 Å². The smallest absolute Gasteiger partial charge is 0.254 e. The Morgan fingerprint density at radius 1 is 1.53 bits per heavy atom. The molecule has 0 aliphatic carbocycles. The number of hydrogen-bond donors (Lipinski definition) is 2. The standard InChI is InChI=1S/C10H15N3O3S/c1-2-17(15,16)6-5-13-10(14)8-7-12-4-3-9(8)11/h3-4,7H,2,5-6H2,1H3,(H2,11,12)(H,13,14). The van der Waals surface area contributed by atoms with E-state index in [-0.39, 0.29) is 23.6 Å². The van der Waals surface area contributed by atoms with E-state index in [1.807, 2.05) is 0 Å². The Balaban J connectivity index is 2.55. The van der Waals surface area contributed by atoms with Crippen molar-refractivity contribution in [1.29, 1.82) is 0 Å². The second kappa shape index (κ2) is 5.62. The molecule has 0 fully saturated rings. The largest absolute Gasteiger partial charge is 0.398 e. The number of carbonyl (C=O) groups is 1. The third-order valence-electron chi connectivity index (χ3n) is 2.24. The second-order valence-electron chi connectivity index (χ2n) is 3.46. The number of hydrogen-bond acceptors (Lipinski definition) is 5. The maximum Gasteiger partial charge on any atom is 0.254 e. The zero-order valence-electron chi connectivity index (χ0n) is 9.51. The van der Waals surface area contributed by atoms with E-state index in [1.54, 1.807) is 6.92 Å². The van der Waals surface area contributed by atoms with Crippen LogP contribution >= 0.6 is 0 Å². The summed E-state index contributed by atoms with van der Waals surface area (Å²) < 4.78 is 22.4. The summed E-state index contributed by atoms with van der Waals surface area (Å²) in [4.78, 5) is 15.4. The van der Waals surface area contributed by atoms with Gasteiger partial charge in [-0.2, -0.15) is 0 Å². The summed E-state index contributed by atoms with van der Waals surface area (Å²) in [7, 11) is -3.07. The highest BCUT2D eigenvalue weighted by atomic mass is 32.2. The fourth-order valence-corrected chi connectivity index (χ4v) is 1.86. The number of pyridine rings is 1. The van der Waals surface area contributed by atoms with Crippen molar-refractivity contribution in [2.24, 2.45) is 0 Å². The van der Waals surface area contributed by atoms with Crippen LogP contribution in [-0.2, 0) is 9.84 Å². The predicted octanol–water partition coefficient (Wildman–Crippen LogP) is -0.172. The molecule has 0 bridgehead atoms. The van der Waals surface area contributed by atoms with Gasteiger partial charge in [-0.1, -0.05) is 6.92 Å². The maximum absolute atomic E-state index is 11.6. The Hall–Kier alpha value is -1.63. The summed E-state index contributed by atoms with van der Waals surface area (Å²) in [5.41, 5.74) is 6.15. The van der Waals surface area contributed by atoms with E-state index in [1.165, 1.54) is 18.5 Å². The molecule has 1 aromatic heterocycles. The van der Waals surface area contributed by atoms with Crippen LogP contribution < -0.4 is 11.1 Å². The lowest BCUT2D eigenvalue weighted by Crippen LogP contribution is -2.30. The van der Waals surface area contributed by atoms with Crippen LogP contribution in [0.3, 0.4) is 0 Å². The summed E-state index contributed by atoms with van der Waals surface area (Å²) in [5, 5.41) is 2.49. The number of sulfone groups is 1. The lowest BCUT2D eigenvalue weighted by molar-refractivity contribution is 0.0956. The van der Waals surface area contributed by atoms with Gasteiger partial charge >= 0.3 is 0 Å². The van der Waals surface area contributed by atoms with E-state index in [0.717, 1.165) is 0 Å². The van der Waals surface area contributed by atoms with Gasteiger partial charge in [-0.15, -0.1) is 0 Å². The zero-order chi connectivity index (χ0) is 12.9. The van der Waals surface area contributed by atoms with Crippen molar-refractivity contribution >= 4 is 21.4 Å². The van der Waals surface area contributed by atoms with Crippen LogP contribution in [-0.4, -0.2) is 37.4 Å². The highest BCUT2D eigenvalue weighted by Crippen LogP contribution is 2.07. The second-order valence-corrected chi connectivity index (χ2v) is 5.93. The van der Waals surface area contributed by atoms with Crippen molar-refractivity contribution in [2.75, 3.05) is 23.8 Å². The number of nitrogens with one attached hydrogen (secondary N) is 1. The first kappa shape index (κ1) is 13.4. The molecule has 0 spiro atoms. The van der Waals surface area contributed by atoms with E-state index in [4.69, 9.17) is 5.73 Å². The van der Waals surface area contributed by atoms with Crippen molar-refractivity contribution in [3.63, 3.8) is 0 Å². The molecule has 0 unspecified atom stereocenters. The Labute approximate surface area is 100 Å². The molecule has 1 heterocycles. The van der Waals surface area contributed by atoms with Gasteiger partial charge in [0, 0.05) is 30.4 Å². The number of nitrogens with two attached hydrogens (primary N) is 1. The number of aromatic nitrogens is 1. The lowest BCUT2D eigenvalue weighted by Gasteiger charge is -2.06. The molecule has 0 atom stereocenters. The van der Waals surface area contributed by atoms with Gasteiger partial charge in [0.1, 0.15) is 0 Å². The molecule has 1 amide bonds. The van der Waals surface area contributed by atoms with Gasteiger partial charge in [0.15, 0.2) is 9.84 Å². The molecular weight excluding hydrogens is 242 g/mol. The first-order valence-corrected chi connectivity index (χ1v) is 6.96. The molecule has 0 aromatic carbocycles. The minimum atomic E-state index is -3.07. The van der Waals surface area contributed by atoms with Gasteiger partial charge in [-0.3, -0.25) is 9.78 Å². The van der Waals surface area contributed by atoms with Gasteiger partial charge in [-0.05, 0) is 6.07 Å². The molecule has 1 aromatic rings. The number of nitrogen functional groups attached to an aromatic ring is 1. The van der Waals surface area contributed by atoms with Gasteiger partial charge in [0.05, 0.1) is 11.3 Å². The minimum absolute atomic E-state index is 0.0674. The average molecular weight is 257 g/mol. The van der Waals surface area contributed by atoms with Crippen molar-refractivity contribution in [3.8, 4) is 0 Å². The first-order chi connectivity index (χ1) is 7.96. The molecule has 0 aliphatic rings. The number of amides is 1. The van der Waals surface area contributed by atoms with Gasteiger partial charge < -0.3 is 11.1 Å². The van der Waals surface area contributed by atoms with Crippen LogP contribution in [0.25, 0.3) is 0 Å². The third kappa shape index (κ3) is 4.03. The van der Waals surface area contributed by atoms with Crippen molar-refractivity contribution in [2.45, 2.75) is 6.92 Å². The molecular formula is C10H15N3O3S. The van der Waals surface area contributed by atoms with E-state index in [9.17, 15) is 13.2 Å². The summed E-state index contributed by atoms with van der Waals surface area (Å²) in [6, 6.07) is 1.51. The molecule has 17 heavy (non-hydrogen) atoms. The average Bonchev–Trinajstić information content (AvgIpc) is 2.29. The fourth-order valence-electron chi connectivity index (χ4n) is 1.15. The normalized spacial score (nSPS) is 11.1. The summed E-state index contributed by atoms with van der Waals surface area (Å²) in [6.45, 7) is 1.64. The van der Waals surface area contributed by atoms with Crippen molar-refractivity contribution in [1.82, 2.24) is 10.3 Å². The Bertz CT molecular complexity index is 499. The molecule has 1 rings (SSSR count). The molecule has 3 N–H and O–H groups in total. The molecule has 0 saturated carbocycles.